The molecule has 0 fully saturated rings. The predicted molar refractivity (Wildman–Crippen MR) is 115 cm³/mol. The summed E-state index contributed by atoms with van der Waals surface area (Å²) in [6.07, 6.45) is 2.61. The molecule has 1 N–H and O–H groups in total. The summed E-state index contributed by atoms with van der Waals surface area (Å²) >= 11 is 0. The minimum Gasteiger partial charge on any atom is -0.345 e. The number of carbonyl (C=O) groups is 1. The highest BCUT2D eigenvalue weighted by Gasteiger charge is 2.18. The van der Waals surface area contributed by atoms with Crippen LogP contribution in [0.5, 0.6) is 0 Å². The number of benzene rings is 2. The van der Waals surface area contributed by atoms with Gasteiger partial charge in [0.15, 0.2) is 5.82 Å². The quantitative estimate of drug-likeness (QED) is 0.538. The number of aryl methyl sites for hydroxylation is 1. The van der Waals surface area contributed by atoms with Crippen molar-refractivity contribution in [2.24, 2.45) is 0 Å². The van der Waals surface area contributed by atoms with Gasteiger partial charge in [-0.3, -0.25) is 4.79 Å². The molecular weight excluding hydrogens is 360 g/mol. The average Bonchev–Trinajstić information content (AvgIpc) is 3.14. The SMILES string of the molecule is CCc1ccc(C(C)NC(=O)c2cnn(-c3ccc4ccccc4n3)c2C)cc1. The Hall–Kier alpha value is -3.47. The molecule has 0 aliphatic rings. The number of amides is 1. The summed E-state index contributed by atoms with van der Waals surface area (Å²) in [5.41, 5.74) is 4.58. The van der Waals surface area contributed by atoms with E-state index in [-0.39, 0.29) is 11.9 Å². The summed E-state index contributed by atoms with van der Waals surface area (Å²) in [7, 11) is 0. The van der Waals surface area contributed by atoms with Gasteiger partial charge < -0.3 is 5.32 Å². The van der Waals surface area contributed by atoms with Gasteiger partial charge in [-0.25, -0.2) is 9.67 Å². The molecule has 1 atom stereocenters. The van der Waals surface area contributed by atoms with E-state index < -0.39 is 0 Å². The van der Waals surface area contributed by atoms with Crippen LogP contribution in [0.25, 0.3) is 16.7 Å². The lowest BCUT2D eigenvalue weighted by Crippen LogP contribution is -2.27. The first-order chi connectivity index (χ1) is 14.1. The van der Waals surface area contributed by atoms with E-state index in [1.807, 2.05) is 50.2 Å². The van der Waals surface area contributed by atoms with E-state index >= 15 is 0 Å². The van der Waals surface area contributed by atoms with Crippen LogP contribution < -0.4 is 5.32 Å². The number of nitrogens with one attached hydrogen (secondary N) is 1. The molecule has 5 nitrogen and oxygen atoms in total. The van der Waals surface area contributed by atoms with Gasteiger partial charge in [-0.05, 0) is 49.6 Å². The third-order valence-electron chi connectivity index (χ3n) is 5.29. The molecule has 0 radical (unpaired) electrons. The van der Waals surface area contributed by atoms with Gasteiger partial charge in [0.05, 0.1) is 29.0 Å². The van der Waals surface area contributed by atoms with Gasteiger partial charge in [0.2, 0.25) is 0 Å². The van der Waals surface area contributed by atoms with Gasteiger partial charge >= 0.3 is 0 Å². The molecule has 0 saturated heterocycles. The lowest BCUT2D eigenvalue weighted by molar-refractivity contribution is 0.0939. The van der Waals surface area contributed by atoms with Crippen LogP contribution in [0, 0.1) is 6.92 Å². The summed E-state index contributed by atoms with van der Waals surface area (Å²) in [6, 6.07) is 20.1. The van der Waals surface area contributed by atoms with E-state index in [1.54, 1.807) is 10.9 Å². The van der Waals surface area contributed by atoms with Crippen LogP contribution in [0.3, 0.4) is 0 Å². The van der Waals surface area contributed by atoms with Crippen molar-refractivity contribution >= 4 is 16.8 Å². The van der Waals surface area contributed by atoms with Crippen LogP contribution in [0.15, 0.2) is 66.9 Å². The zero-order valence-electron chi connectivity index (χ0n) is 16.9. The maximum Gasteiger partial charge on any atom is 0.255 e. The number of pyridine rings is 1. The Balaban J connectivity index is 1.55. The Kier molecular flexibility index (Phi) is 5.12. The van der Waals surface area contributed by atoms with Crippen molar-refractivity contribution in [3.05, 3.63) is 89.2 Å². The molecule has 0 aliphatic carbocycles. The molecule has 1 unspecified atom stereocenters. The van der Waals surface area contributed by atoms with Crippen LogP contribution in [0.1, 0.15) is 47.1 Å². The molecule has 146 valence electrons. The van der Waals surface area contributed by atoms with Crippen LogP contribution in [0.2, 0.25) is 0 Å². The molecule has 29 heavy (non-hydrogen) atoms. The second-order valence-corrected chi connectivity index (χ2v) is 7.21. The summed E-state index contributed by atoms with van der Waals surface area (Å²) in [5, 5.41) is 8.55. The topological polar surface area (TPSA) is 59.8 Å². The number of para-hydroxylation sites is 1. The second-order valence-electron chi connectivity index (χ2n) is 7.21. The van der Waals surface area contributed by atoms with E-state index in [0.717, 1.165) is 28.6 Å². The third-order valence-corrected chi connectivity index (χ3v) is 5.29. The van der Waals surface area contributed by atoms with Crippen molar-refractivity contribution in [3.63, 3.8) is 0 Å². The monoisotopic (exact) mass is 384 g/mol. The molecule has 2 aromatic carbocycles. The number of nitrogens with zero attached hydrogens (tertiary/aromatic N) is 3. The first-order valence-corrected chi connectivity index (χ1v) is 9.87. The number of aromatic nitrogens is 3. The minimum atomic E-state index is -0.137. The molecule has 0 bridgehead atoms. The zero-order valence-corrected chi connectivity index (χ0v) is 16.9. The van der Waals surface area contributed by atoms with Gasteiger partial charge in [-0.1, -0.05) is 49.4 Å². The predicted octanol–water partition coefficient (Wildman–Crippen LogP) is 4.78. The Morgan fingerprint density at radius 2 is 1.83 bits per heavy atom. The van der Waals surface area contributed by atoms with Crippen molar-refractivity contribution < 1.29 is 4.79 Å². The van der Waals surface area contributed by atoms with Gasteiger partial charge in [-0.2, -0.15) is 5.10 Å². The fourth-order valence-corrected chi connectivity index (χ4v) is 3.44. The highest BCUT2D eigenvalue weighted by atomic mass is 16.1. The average molecular weight is 384 g/mol. The first-order valence-electron chi connectivity index (χ1n) is 9.87. The summed E-state index contributed by atoms with van der Waals surface area (Å²) in [4.78, 5) is 17.5. The molecule has 4 aromatic rings. The van der Waals surface area contributed by atoms with Crippen molar-refractivity contribution in [2.45, 2.75) is 33.2 Å². The van der Waals surface area contributed by atoms with E-state index in [2.05, 4.69) is 46.6 Å². The number of carbonyl (C=O) groups excluding carboxylic acids is 1. The summed E-state index contributed by atoms with van der Waals surface area (Å²) in [6.45, 7) is 6.01. The summed E-state index contributed by atoms with van der Waals surface area (Å²) in [5.74, 6) is 0.560. The Morgan fingerprint density at radius 3 is 2.59 bits per heavy atom. The van der Waals surface area contributed by atoms with Crippen LogP contribution in [0.4, 0.5) is 0 Å². The Labute approximate surface area is 170 Å². The van der Waals surface area contributed by atoms with E-state index in [1.165, 1.54) is 5.56 Å². The maximum absolute atomic E-state index is 12.8. The first kappa shape index (κ1) is 18.9. The van der Waals surface area contributed by atoms with Crippen LogP contribution >= 0.6 is 0 Å². The van der Waals surface area contributed by atoms with Crippen LogP contribution in [-0.2, 0) is 6.42 Å². The van der Waals surface area contributed by atoms with E-state index in [0.29, 0.717) is 11.4 Å². The molecule has 1 amide bonds. The normalized spacial score (nSPS) is 12.1. The fraction of sp³-hybridized carbons (Fsp3) is 0.208. The highest BCUT2D eigenvalue weighted by molar-refractivity contribution is 5.95. The van der Waals surface area contributed by atoms with Gasteiger partial charge in [-0.15, -0.1) is 0 Å². The van der Waals surface area contributed by atoms with Crippen LogP contribution in [-0.4, -0.2) is 20.7 Å². The highest BCUT2D eigenvalue weighted by Crippen LogP contribution is 2.19. The van der Waals surface area contributed by atoms with E-state index in [4.69, 9.17) is 0 Å². The second kappa shape index (κ2) is 7.87. The van der Waals surface area contributed by atoms with Crippen molar-refractivity contribution in [1.82, 2.24) is 20.1 Å². The zero-order chi connectivity index (χ0) is 20.4. The molecule has 2 aromatic heterocycles. The molecule has 2 heterocycles. The smallest absolute Gasteiger partial charge is 0.255 e. The van der Waals surface area contributed by atoms with Crippen molar-refractivity contribution in [2.75, 3.05) is 0 Å². The van der Waals surface area contributed by atoms with E-state index in [9.17, 15) is 4.79 Å². The maximum atomic E-state index is 12.8. The van der Waals surface area contributed by atoms with Crippen molar-refractivity contribution in [1.29, 1.82) is 0 Å². The molecule has 0 saturated carbocycles. The summed E-state index contributed by atoms with van der Waals surface area (Å²) < 4.78 is 1.71. The largest absolute Gasteiger partial charge is 0.345 e. The van der Waals surface area contributed by atoms with Crippen molar-refractivity contribution in [3.8, 4) is 5.82 Å². The molecule has 5 heteroatoms. The van der Waals surface area contributed by atoms with Gasteiger partial charge in [0.1, 0.15) is 0 Å². The minimum absolute atomic E-state index is 0.0880. The number of hydrogen-bond donors (Lipinski definition) is 1. The molecular formula is C24H24N4O. The standard InChI is InChI=1S/C24H24N4O/c1-4-18-9-11-19(12-10-18)16(2)26-24(29)21-15-25-28(17(21)3)23-14-13-20-7-5-6-8-22(20)27-23/h5-16H,4H2,1-3H3,(H,26,29). The fourth-order valence-electron chi connectivity index (χ4n) is 3.44. The molecule has 0 aliphatic heterocycles. The van der Waals surface area contributed by atoms with Gasteiger partial charge in [0, 0.05) is 5.39 Å². The lowest BCUT2D eigenvalue weighted by Gasteiger charge is -2.15. The third kappa shape index (κ3) is 3.76. The Bertz CT molecular complexity index is 1160. The molecule has 0 spiro atoms. The van der Waals surface area contributed by atoms with Gasteiger partial charge in [0.25, 0.3) is 5.91 Å². The number of hydrogen-bond acceptors (Lipinski definition) is 3. The molecule has 4 rings (SSSR count). The number of fused-ring (bicyclic) bond motifs is 1. The lowest BCUT2D eigenvalue weighted by atomic mass is 10.0. The number of rotatable bonds is 5. The Morgan fingerprint density at radius 1 is 1.07 bits per heavy atom.